The standard InChI is InChI=1S/C15H23N3S/c1-2-11(1)8-18(14-5-6-14)9-13-10-19-15(17-13)7-16-12-3-4-12/h10-12,14,16H,1-9H2. The molecule has 0 aromatic carbocycles. The maximum absolute atomic E-state index is 4.80. The lowest BCUT2D eigenvalue weighted by molar-refractivity contribution is 0.241. The van der Waals surface area contributed by atoms with Gasteiger partial charge in [-0.25, -0.2) is 4.98 Å². The van der Waals surface area contributed by atoms with Crippen molar-refractivity contribution < 1.29 is 0 Å². The average molecular weight is 277 g/mol. The molecule has 0 bridgehead atoms. The summed E-state index contributed by atoms with van der Waals surface area (Å²) in [6, 6.07) is 1.65. The Morgan fingerprint density at radius 2 is 2.05 bits per heavy atom. The number of rotatable bonds is 8. The van der Waals surface area contributed by atoms with E-state index >= 15 is 0 Å². The van der Waals surface area contributed by atoms with Gasteiger partial charge in [0.2, 0.25) is 0 Å². The van der Waals surface area contributed by atoms with Crippen molar-refractivity contribution in [3.63, 3.8) is 0 Å². The summed E-state index contributed by atoms with van der Waals surface area (Å²) in [6.07, 6.45) is 8.44. The van der Waals surface area contributed by atoms with Gasteiger partial charge in [-0.3, -0.25) is 4.90 Å². The van der Waals surface area contributed by atoms with E-state index in [4.69, 9.17) is 4.98 Å². The average Bonchev–Trinajstić information content (AvgIpc) is 3.22. The van der Waals surface area contributed by atoms with Gasteiger partial charge >= 0.3 is 0 Å². The molecule has 3 nitrogen and oxygen atoms in total. The van der Waals surface area contributed by atoms with E-state index in [1.165, 1.54) is 55.8 Å². The first-order valence-corrected chi connectivity index (χ1v) is 8.65. The van der Waals surface area contributed by atoms with Gasteiger partial charge in [0.1, 0.15) is 5.01 Å². The molecule has 1 heterocycles. The highest BCUT2D eigenvalue weighted by molar-refractivity contribution is 7.09. The van der Waals surface area contributed by atoms with Gasteiger partial charge in [-0.1, -0.05) is 0 Å². The van der Waals surface area contributed by atoms with E-state index in [0.29, 0.717) is 0 Å². The Kier molecular flexibility index (Phi) is 3.34. The molecule has 1 aromatic heterocycles. The first-order chi connectivity index (χ1) is 9.37. The van der Waals surface area contributed by atoms with Crippen molar-refractivity contribution in [2.45, 2.75) is 63.7 Å². The summed E-state index contributed by atoms with van der Waals surface area (Å²) in [6.45, 7) is 3.38. The second-order valence-corrected chi connectivity index (χ2v) is 7.43. The molecule has 104 valence electrons. The van der Waals surface area contributed by atoms with Crippen LogP contribution < -0.4 is 5.32 Å². The molecule has 19 heavy (non-hydrogen) atoms. The number of aromatic nitrogens is 1. The largest absolute Gasteiger partial charge is 0.308 e. The molecule has 3 fully saturated rings. The smallest absolute Gasteiger partial charge is 0.107 e. The van der Waals surface area contributed by atoms with E-state index in [0.717, 1.165) is 31.1 Å². The van der Waals surface area contributed by atoms with Crippen molar-refractivity contribution in [2.24, 2.45) is 5.92 Å². The van der Waals surface area contributed by atoms with Crippen LogP contribution in [0.4, 0.5) is 0 Å². The molecule has 3 saturated carbocycles. The highest BCUT2D eigenvalue weighted by atomic mass is 32.1. The van der Waals surface area contributed by atoms with Crippen molar-refractivity contribution in [3.8, 4) is 0 Å². The second kappa shape index (κ2) is 5.15. The molecule has 0 radical (unpaired) electrons. The Hall–Kier alpha value is -0.450. The van der Waals surface area contributed by atoms with Gasteiger partial charge in [-0.2, -0.15) is 0 Å². The van der Waals surface area contributed by atoms with Crippen LogP contribution in [0.2, 0.25) is 0 Å². The Labute approximate surface area is 119 Å². The lowest BCUT2D eigenvalue weighted by atomic mass is 10.3. The van der Waals surface area contributed by atoms with E-state index in [1.807, 2.05) is 11.3 Å². The Morgan fingerprint density at radius 3 is 2.74 bits per heavy atom. The summed E-state index contributed by atoms with van der Waals surface area (Å²) in [7, 11) is 0. The van der Waals surface area contributed by atoms with Gasteiger partial charge in [-0.05, 0) is 44.4 Å². The van der Waals surface area contributed by atoms with Crippen LogP contribution in [-0.4, -0.2) is 28.5 Å². The molecule has 3 aliphatic carbocycles. The zero-order valence-corrected chi connectivity index (χ0v) is 12.3. The van der Waals surface area contributed by atoms with Crippen molar-refractivity contribution in [1.29, 1.82) is 0 Å². The van der Waals surface area contributed by atoms with Crippen LogP contribution in [0.3, 0.4) is 0 Å². The van der Waals surface area contributed by atoms with Gasteiger partial charge in [0.25, 0.3) is 0 Å². The van der Waals surface area contributed by atoms with E-state index in [1.54, 1.807) is 0 Å². The summed E-state index contributed by atoms with van der Waals surface area (Å²) >= 11 is 1.83. The molecule has 4 rings (SSSR count). The van der Waals surface area contributed by atoms with Crippen molar-refractivity contribution >= 4 is 11.3 Å². The van der Waals surface area contributed by atoms with Crippen LogP contribution in [0.1, 0.15) is 49.2 Å². The topological polar surface area (TPSA) is 28.2 Å². The SMILES string of the molecule is c1sc(CNC2CC2)nc1CN(CC1CC1)C1CC1. The fourth-order valence-corrected chi connectivity index (χ4v) is 3.38. The van der Waals surface area contributed by atoms with E-state index in [9.17, 15) is 0 Å². The molecule has 4 heteroatoms. The molecule has 0 amide bonds. The molecule has 0 atom stereocenters. The van der Waals surface area contributed by atoms with Crippen LogP contribution >= 0.6 is 11.3 Å². The minimum absolute atomic E-state index is 0.783. The summed E-state index contributed by atoms with van der Waals surface area (Å²) in [5, 5.41) is 7.09. The molecule has 3 aliphatic rings. The molecule has 1 N–H and O–H groups in total. The molecule has 0 unspecified atom stereocenters. The van der Waals surface area contributed by atoms with Gasteiger partial charge < -0.3 is 5.32 Å². The van der Waals surface area contributed by atoms with Crippen molar-refractivity contribution in [1.82, 2.24) is 15.2 Å². The van der Waals surface area contributed by atoms with Crippen LogP contribution in [0, 0.1) is 5.92 Å². The van der Waals surface area contributed by atoms with Crippen LogP contribution in [-0.2, 0) is 13.1 Å². The van der Waals surface area contributed by atoms with E-state index in [-0.39, 0.29) is 0 Å². The number of hydrogen-bond acceptors (Lipinski definition) is 4. The lowest BCUT2D eigenvalue weighted by Gasteiger charge is -2.20. The molecular formula is C15H23N3S. The maximum Gasteiger partial charge on any atom is 0.107 e. The summed E-state index contributed by atoms with van der Waals surface area (Å²) in [4.78, 5) is 7.49. The quantitative estimate of drug-likeness (QED) is 0.792. The fourth-order valence-electron chi connectivity index (χ4n) is 2.64. The number of thiazole rings is 1. The minimum Gasteiger partial charge on any atom is -0.308 e. The predicted molar refractivity (Wildman–Crippen MR) is 78.1 cm³/mol. The predicted octanol–water partition coefficient (Wildman–Crippen LogP) is 2.77. The third kappa shape index (κ3) is 3.56. The third-order valence-electron chi connectivity index (χ3n) is 4.34. The monoisotopic (exact) mass is 277 g/mol. The second-order valence-electron chi connectivity index (χ2n) is 6.49. The Bertz CT molecular complexity index is 432. The molecule has 0 spiro atoms. The molecular weight excluding hydrogens is 254 g/mol. The molecule has 0 aliphatic heterocycles. The van der Waals surface area contributed by atoms with Crippen molar-refractivity contribution in [3.05, 3.63) is 16.1 Å². The van der Waals surface area contributed by atoms with Gasteiger partial charge in [0.05, 0.1) is 5.69 Å². The highest BCUT2D eigenvalue weighted by Gasteiger charge is 2.33. The number of nitrogens with zero attached hydrogens (tertiary/aromatic N) is 2. The molecule has 1 aromatic rings. The summed E-state index contributed by atoms with van der Waals surface area (Å²) in [5.74, 6) is 0.996. The van der Waals surface area contributed by atoms with Crippen LogP contribution in [0.25, 0.3) is 0 Å². The van der Waals surface area contributed by atoms with E-state index in [2.05, 4.69) is 15.6 Å². The first-order valence-electron chi connectivity index (χ1n) is 7.77. The zero-order valence-electron chi connectivity index (χ0n) is 11.5. The minimum atomic E-state index is 0.783. The van der Waals surface area contributed by atoms with Gasteiger partial charge in [0.15, 0.2) is 0 Å². The van der Waals surface area contributed by atoms with Crippen LogP contribution in [0.5, 0.6) is 0 Å². The first kappa shape index (κ1) is 12.3. The maximum atomic E-state index is 4.80. The normalized spacial score (nSPS) is 23.2. The number of nitrogens with one attached hydrogen (secondary N) is 1. The fraction of sp³-hybridized carbons (Fsp3) is 0.800. The Morgan fingerprint density at radius 1 is 1.21 bits per heavy atom. The summed E-state index contributed by atoms with van der Waals surface area (Å²) in [5.41, 5.74) is 1.30. The van der Waals surface area contributed by atoms with Gasteiger partial charge in [0, 0.05) is 37.1 Å². The van der Waals surface area contributed by atoms with Crippen LogP contribution in [0.15, 0.2) is 5.38 Å². The lowest BCUT2D eigenvalue weighted by Crippen LogP contribution is -2.28. The summed E-state index contributed by atoms with van der Waals surface area (Å²) < 4.78 is 0. The highest BCUT2D eigenvalue weighted by Crippen LogP contribution is 2.35. The number of hydrogen-bond donors (Lipinski definition) is 1. The van der Waals surface area contributed by atoms with E-state index < -0.39 is 0 Å². The van der Waals surface area contributed by atoms with Gasteiger partial charge in [-0.15, -0.1) is 11.3 Å². The zero-order chi connectivity index (χ0) is 12.7. The van der Waals surface area contributed by atoms with Crippen molar-refractivity contribution in [2.75, 3.05) is 6.54 Å². The third-order valence-corrected chi connectivity index (χ3v) is 5.23. The molecule has 0 saturated heterocycles. The Balaban J connectivity index is 1.31.